The molecule has 0 atom stereocenters. The van der Waals surface area contributed by atoms with Gasteiger partial charge in [0.2, 0.25) is 0 Å². The number of hydrogen-bond acceptors (Lipinski definition) is 4. The van der Waals surface area contributed by atoms with Crippen LogP contribution in [0.25, 0.3) is 21.9 Å². The number of hydrogen-bond donors (Lipinski definition) is 1. The molecule has 0 radical (unpaired) electrons. The second-order valence-electron chi connectivity index (χ2n) is 6.38. The Morgan fingerprint density at radius 2 is 1.62 bits per heavy atom. The molecule has 0 aliphatic heterocycles. The average Bonchev–Trinajstić information content (AvgIpc) is 2.90. The molecule has 3 aromatic rings. The van der Waals surface area contributed by atoms with Gasteiger partial charge in [-0.15, -0.1) is 0 Å². The van der Waals surface area contributed by atoms with Crippen LogP contribution in [-0.2, 0) is 6.42 Å². The smallest absolute Gasteiger partial charge is 0.177 e. The molecule has 1 aromatic carbocycles. The third-order valence-electron chi connectivity index (χ3n) is 3.60. The summed E-state index contributed by atoms with van der Waals surface area (Å²) in [5.74, 6) is 2.43. The van der Waals surface area contributed by atoms with Gasteiger partial charge in [-0.25, -0.2) is 0 Å². The Hall–Kier alpha value is -1.94. The van der Waals surface area contributed by atoms with Crippen molar-refractivity contribution in [1.29, 1.82) is 0 Å². The molecule has 0 aliphatic carbocycles. The summed E-state index contributed by atoms with van der Waals surface area (Å²) < 4.78 is 17.4. The second-order valence-corrected chi connectivity index (χ2v) is 6.38. The quantitative estimate of drug-likeness (QED) is 0.788. The Morgan fingerprint density at radius 3 is 2.19 bits per heavy atom. The fourth-order valence-corrected chi connectivity index (χ4v) is 2.89. The van der Waals surface area contributed by atoms with Crippen LogP contribution in [0.4, 0.5) is 0 Å². The first-order valence-electron chi connectivity index (χ1n) is 7.08. The summed E-state index contributed by atoms with van der Waals surface area (Å²) in [6, 6.07) is 4.01. The second kappa shape index (κ2) is 4.53. The van der Waals surface area contributed by atoms with Gasteiger partial charge in [-0.05, 0) is 46.2 Å². The third kappa shape index (κ3) is 2.29. The monoisotopic (exact) mass is 287 g/mol. The lowest BCUT2D eigenvalue weighted by atomic mass is 9.92. The van der Waals surface area contributed by atoms with Crippen molar-refractivity contribution < 1.29 is 13.6 Å². The molecule has 0 fully saturated rings. The van der Waals surface area contributed by atoms with E-state index in [1.807, 2.05) is 39.8 Å². The fraction of sp³-hybridized carbons (Fsp3) is 0.412. The number of benzene rings is 1. The maximum absolute atomic E-state index is 6.23. The van der Waals surface area contributed by atoms with Crippen LogP contribution < -0.4 is 10.5 Å². The van der Waals surface area contributed by atoms with Crippen molar-refractivity contribution in [2.75, 3.05) is 7.11 Å². The molecule has 2 N–H and O–H groups in total. The van der Waals surface area contributed by atoms with Crippen LogP contribution in [0, 0.1) is 13.8 Å². The molecule has 0 unspecified atom stereocenters. The predicted octanol–water partition coefficient (Wildman–Crippen LogP) is 4.08. The van der Waals surface area contributed by atoms with E-state index >= 15 is 0 Å². The van der Waals surface area contributed by atoms with Crippen molar-refractivity contribution in [3.05, 3.63) is 29.2 Å². The van der Waals surface area contributed by atoms with Gasteiger partial charge in [-0.3, -0.25) is 0 Å². The lowest BCUT2D eigenvalue weighted by Crippen LogP contribution is -2.34. The number of fused-ring (bicyclic) bond motifs is 2. The Bertz CT molecular complexity index is 760. The Balaban J connectivity index is 2.45. The number of aryl methyl sites for hydroxylation is 2. The minimum Gasteiger partial charge on any atom is -0.492 e. The van der Waals surface area contributed by atoms with Crippen molar-refractivity contribution in [3.63, 3.8) is 0 Å². The zero-order valence-electron chi connectivity index (χ0n) is 13.2. The Labute approximate surface area is 123 Å². The molecule has 0 bridgehead atoms. The highest BCUT2D eigenvalue weighted by Gasteiger charge is 2.24. The van der Waals surface area contributed by atoms with E-state index in [0.717, 1.165) is 44.8 Å². The first-order chi connectivity index (χ1) is 9.80. The van der Waals surface area contributed by atoms with Gasteiger partial charge in [0.25, 0.3) is 0 Å². The highest BCUT2D eigenvalue weighted by atomic mass is 16.5. The van der Waals surface area contributed by atoms with Gasteiger partial charge < -0.3 is 19.3 Å². The maximum atomic E-state index is 6.23. The van der Waals surface area contributed by atoms with Gasteiger partial charge in [-0.2, -0.15) is 0 Å². The van der Waals surface area contributed by atoms with E-state index in [1.165, 1.54) is 0 Å². The molecule has 0 saturated carbocycles. The molecule has 4 nitrogen and oxygen atoms in total. The molecule has 0 saturated heterocycles. The highest BCUT2D eigenvalue weighted by Crippen LogP contribution is 2.42. The zero-order chi connectivity index (χ0) is 15.4. The molecular formula is C17H21NO3. The summed E-state index contributed by atoms with van der Waals surface area (Å²) in [5.41, 5.74) is 8.59. The van der Waals surface area contributed by atoms with Crippen LogP contribution in [0.3, 0.4) is 0 Å². The lowest BCUT2D eigenvalue weighted by molar-refractivity contribution is 0.413. The van der Waals surface area contributed by atoms with E-state index in [1.54, 1.807) is 7.11 Å². The van der Waals surface area contributed by atoms with Gasteiger partial charge in [-0.1, -0.05) is 0 Å². The number of methoxy groups -OCH3 is 1. The first kappa shape index (κ1) is 14.0. The summed E-state index contributed by atoms with van der Waals surface area (Å²) in [6.07, 6.45) is 0.704. The molecule has 21 heavy (non-hydrogen) atoms. The lowest BCUT2D eigenvalue weighted by Gasteiger charge is -2.19. The average molecular weight is 287 g/mol. The topological polar surface area (TPSA) is 61.5 Å². The SMILES string of the molecule is COc1c2cc(C)oc2c(CC(C)(C)N)c2cc(C)oc12. The summed E-state index contributed by atoms with van der Waals surface area (Å²) in [7, 11) is 1.65. The molecule has 4 heteroatoms. The van der Waals surface area contributed by atoms with Gasteiger partial charge in [0, 0.05) is 16.5 Å². The van der Waals surface area contributed by atoms with Crippen molar-refractivity contribution in [1.82, 2.24) is 0 Å². The van der Waals surface area contributed by atoms with Gasteiger partial charge in [0.05, 0.1) is 12.5 Å². The van der Waals surface area contributed by atoms with Crippen molar-refractivity contribution in [2.24, 2.45) is 5.73 Å². The van der Waals surface area contributed by atoms with Crippen LogP contribution in [0.15, 0.2) is 21.0 Å². The minimum atomic E-state index is -0.333. The van der Waals surface area contributed by atoms with E-state index in [0.29, 0.717) is 6.42 Å². The van der Waals surface area contributed by atoms with E-state index in [-0.39, 0.29) is 5.54 Å². The number of furan rings is 2. The van der Waals surface area contributed by atoms with Gasteiger partial charge in [0.1, 0.15) is 17.1 Å². The predicted molar refractivity (Wildman–Crippen MR) is 84.0 cm³/mol. The van der Waals surface area contributed by atoms with E-state index in [9.17, 15) is 0 Å². The van der Waals surface area contributed by atoms with Crippen LogP contribution in [0.1, 0.15) is 30.9 Å². The third-order valence-corrected chi connectivity index (χ3v) is 3.60. The van der Waals surface area contributed by atoms with Crippen LogP contribution >= 0.6 is 0 Å². The molecule has 112 valence electrons. The number of ether oxygens (including phenoxy) is 1. The molecule has 0 amide bonds. The molecule has 2 aromatic heterocycles. The molecular weight excluding hydrogens is 266 g/mol. The summed E-state index contributed by atoms with van der Waals surface area (Å²) in [6.45, 7) is 7.89. The normalized spacial score (nSPS) is 12.5. The Morgan fingerprint density at radius 1 is 1.05 bits per heavy atom. The van der Waals surface area contributed by atoms with Crippen LogP contribution in [0.5, 0.6) is 5.75 Å². The van der Waals surface area contributed by atoms with Crippen molar-refractivity contribution >= 4 is 21.9 Å². The summed E-state index contributed by atoms with van der Waals surface area (Å²) >= 11 is 0. The standard InChI is InChI=1S/C17H21NO3/c1-9-6-11-13(8-17(3,4)18)14-12(7-10(2)20-14)15(19-5)16(11)21-9/h6-7H,8,18H2,1-5H3. The van der Waals surface area contributed by atoms with E-state index < -0.39 is 0 Å². The molecule has 0 spiro atoms. The van der Waals surface area contributed by atoms with Gasteiger partial charge >= 0.3 is 0 Å². The first-order valence-corrected chi connectivity index (χ1v) is 7.08. The summed E-state index contributed by atoms with van der Waals surface area (Å²) in [4.78, 5) is 0. The molecule has 3 rings (SSSR count). The van der Waals surface area contributed by atoms with Crippen molar-refractivity contribution in [3.8, 4) is 5.75 Å². The highest BCUT2D eigenvalue weighted by molar-refractivity contribution is 6.04. The van der Waals surface area contributed by atoms with E-state index in [2.05, 4.69) is 0 Å². The Kier molecular flexibility index (Phi) is 3.02. The van der Waals surface area contributed by atoms with Crippen LogP contribution in [0.2, 0.25) is 0 Å². The maximum Gasteiger partial charge on any atom is 0.177 e. The van der Waals surface area contributed by atoms with Gasteiger partial charge in [0.15, 0.2) is 11.3 Å². The largest absolute Gasteiger partial charge is 0.492 e. The van der Waals surface area contributed by atoms with E-state index in [4.69, 9.17) is 19.3 Å². The minimum absolute atomic E-state index is 0.333. The molecule has 0 aliphatic rings. The number of nitrogens with two attached hydrogens (primary N) is 1. The number of rotatable bonds is 3. The summed E-state index contributed by atoms with van der Waals surface area (Å²) in [5, 5.41) is 1.96. The zero-order valence-corrected chi connectivity index (χ0v) is 13.2. The van der Waals surface area contributed by atoms with Crippen molar-refractivity contribution in [2.45, 2.75) is 39.7 Å². The fourth-order valence-electron chi connectivity index (χ4n) is 2.89. The van der Waals surface area contributed by atoms with Crippen LogP contribution in [-0.4, -0.2) is 12.6 Å². The molecule has 2 heterocycles.